The van der Waals surface area contributed by atoms with Crippen LogP contribution in [0.4, 0.5) is 0 Å². The molecule has 0 saturated heterocycles. The molecule has 0 heterocycles. The van der Waals surface area contributed by atoms with Crippen molar-refractivity contribution in [3.63, 3.8) is 0 Å². The molecule has 4 heteroatoms. The quantitative estimate of drug-likeness (QED) is 0.781. The van der Waals surface area contributed by atoms with Gasteiger partial charge in [-0.25, -0.2) is 0 Å². The summed E-state index contributed by atoms with van der Waals surface area (Å²) in [6.45, 7) is -0.0110. The van der Waals surface area contributed by atoms with Crippen LogP contribution in [0.3, 0.4) is 0 Å². The fraction of sp³-hybridized carbons (Fsp3) is 0.0714. The molecule has 2 aromatic rings. The minimum absolute atomic E-state index is 0.0110. The van der Waals surface area contributed by atoms with E-state index in [1.807, 2.05) is 18.2 Å². The molecule has 0 atom stereocenters. The van der Waals surface area contributed by atoms with Crippen LogP contribution in [0, 0.1) is 0 Å². The molecular weight excluding hydrogens is 316 g/mol. The van der Waals surface area contributed by atoms with Gasteiger partial charge in [0.15, 0.2) is 6.61 Å². The highest BCUT2D eigenvalue weighted by Gasteiger charge is 2.10. The van der Waals surface area contributed by atoms with E-state index in [0.29, 0.717) is 16.3 Å². The average Bonchev–Trinajstić information content (AvgIpc) is 2.37. The molecule has 0 aliphatic carbocycles. The molecule has 0 aliphatic rings. The van der Waals surface area contributed by atoms with Gasteiger partial charge >= 0.3 is 0 Å². The highest BCUT2D eigenvalue weighted by atomic mass is 79.9. The highest BCUT2D eigenvalue weighted by Crippen LogP contribution is 2.19. The fourth-order valence-corrected chi connectivity index (χ4v) is 2.16. The number of carbonyl (C=O) groups is 1. The molecule has 0 spiro atoms. The van der Waals surface area contributed by atoms with Gasteiger partial charge in [-0.05, 0) is 24.3 Å². The molecule has 0 bridgehead atoms. The second kappa shape index (κ2) is 6.03. The summed E-state index contributed by atoms with van der Waals surface area (Å²) < 4.78 is 6.17. The first-order valence-corrected chi connectivity index (χ1v) is 6.50. The normalized spacial score (nSPS) is 10.1. The summed E-state index contributed by atoms with van der Waals surface area (Å²) in [5, 5.41) is 0.584. The topological polar surface area (TPSA) is 26.3 Å². The Balaban J connectivity index is 2.03. The third-order valence-corrected chi connectivity index (χ3v) is 3.27. The Kier molecular flexibility index (Phi) is 4.39. The van der Waals surface area contributed by atoms with E-state index in [1.165, 1.54) is 0 Å². The number of Topliss-reactive ketones (excluding diaryl/α,β-unsaturated/α-hetero) is 1. The van der Waals surface area contributed by atoms with Crippen molar-refractivity contribution in [1.29, 1.82) is 0 Å². The Morgan fingerprint density at radius 3 is 2.67 bits per heavy atom. The molecule has 0 unspecified atom stereocenters. The van der Waals surface area contributed by atoms with Crippen LogP contribution in [0.5, 0.6) is 5.75 Å². The molecule has 0 saturated carbocycles. The summed E-state index contributed by atoms with van der Waals surface area (Å²) >= 11 is 9.17. The summed E-state index contributed by atoms with van der Waals surface area (Å²) in [5.41, 5.74) is 0.611. The van der Waals surface area contributed by atoms with Gasteiger partial charge in [-0.15, -0.1) is 0 Å². The molecule has 0 fully saturated rings. The monoisotopic (exact) mass is 324 g/mol. The molecule has 2 rings (SSSR count). The summed E-state index contributed by atoms with van der Waals surface area (Å²) in [7, 11) is 0. The SMILES string of the molecule is O=C(COc1cccc(Cl)c1)c1ccccc1Br. The first kappa shape index (κ1) is 13.1. The third kappa shape index (κ3) is 3.34. The van der Waals surface area contributed by atoms with Gasteiger partial charge in [0.25, 0.3) is 0 Å². The molecule has 0 amide bonds. The van der Waals surface area contributed by atoms with E-state index in [2.05, 4.69) is 15.9 Å². The molecule has 2 aromatic carbocycles. The summed E-state index contributed by atoms with van der Waals surface area (Å²) in [6.07, 6.45) is 0. The van der Waals surface area contributed by atoms with E-state index in [4.69, 9.17) is 16.3 Å². The summed E-state index contributed by atoms with van der Waals surface area (Å²) in [4.78, 5) is 11.9. The number of carbonyl (C=O) groups excluding carboxylic acids is 1. The number of ketones is 1. The van der Waals surface area contributed by atoms with Crippen LogP contribution in [-0.2, 0) is 0 Å². The van der Waals surface area contributed by atoms with Gasteiger partial charge in [-0.2, -0.15) is 0 Å². The van der Waals surface area contributed by atoms with Gasteiger partial charge in [0.2, 0.25) is 5.78 Å². The zero-order valence-electron chi connectivity index (χ0n) is 9.40. The van der Waals surface area contributed by atoms with Crippen molar-refractivity contribution in [3.05, 3.63) is 63.6 Å². The van der Waals surface area contributed by atoms with Crippen LogP contribution < -0.4 is 4.74 Å². The lowest BCUT2D eigenvalue weighted by atomic mass is 10.1. The second-order valence-corrected chi connectivity index (χ2v) is 4.94. The largest absolute Gasteiger partial charge is 0.485 e. The van der Waals surface area contributed by atoms with Crippen molar-refractivity contribution in [2.75, 3.05) is 6.61 Å². The highest BCUT2D eigenvalue weighted by molar-refractivity contribution is 9.10. The smallest absolute Gasteiger partial charge is 0.201 e. The Hall–Kier alpha value is -1.32. The van der Waals surface area contributed by atoms with Crippen LogP contribution in [-0.4, -0.2) is 12.4 Å². The molecule has 92 valence electrons. The van der Waals surface area contributed by atoms with E-state index in [1.54, 1.807) is 30.3 Å². The zero-order chi connectivity index (χ0) is 13.0. The number of halogens is 2. The fourth-order valence-electron chi connectivity index (χ4n) is 1.47. The van der Waals surface area contributed by atoms with Gasteiger partial charge in [0, 0.05) is 15.1 Å². The Morgan fingerprint density at radius 2 is 1.94 bits per heavy atom. The lowest BCUT2D eigenvalue weighted by molar-refractivity contribution is 0.0921. The van der Waals surface area contributed by atoms with Gasteiger partial charge in [0.05, 0.1) is 0 Å². The van der Waals surface area contributed by atoms with Crippen LogP contribution in [0.1, 0.15) is 10.4 Å². The first-order valence-electron chi connectivity index (χ1n) is 5.33. The predicted octanol–water partition coefficient (Wildman–Crippen LogP) is 4.36. The minimum atomic E-state index is -0.0811. The van der Waals surface area contributed by atoms with E-state index in [-0.39, 0.29) is 12.4 Å². The maximum absolute atomic E-state index is 11.9. The van der Waals surface area contributed by atoms with Crippen molar-refractivity contribution in [1.82, 2.24) is 0 Å². The summed E-state index contributed by atoms with van der Waals surface area (Å²) in [6, 6.07) is 14.2. The number of ether oxygens (including phenoxy) is 1. The van der Waals surface area contributed by atoms with Gasteiger partial charge in [0.1, 0.15) is 5.75 Å². The van der Waals surface area contributed by atoms with E-state index in [0.717, 1.165) is 4.47 Å². The lowest BCUT2D eigenvalue weighted by Crippen LogP contribution is -2.12. The Bertz CT molecular complexity index is 569. The van der Waals surface area contributed by atoms with E-state index in [9.17, 15) is 4.79 Å². The van der Waals surface area contributed by atoms with E-state index >= 15 is 0 Å². The lowest BCUT2D eigenvalue weighted by Gasteiger charge is -2.06. The summed E-state index contributed by atoms with van der Waals surface area (Å²) in [5.74, 6) is 0.505. The van der Waals surface area contributed by atoms with Crippen molar-refractivity contribution >= 4 is 33.3 Å². The van der Waals surface area contributed by atoms with Crippen molar-refractivity contribution in [2.45, 2.75) is 0 Å². The first-order chi connectivity index (χ1) is 8.66. The number of hydrogen-bond donors (Lipinski definition) is 0. The number of hydrogen-bond acceptors (Lipinski definition) is 2. The van der Waals surface area contributed by atoms with Crippen molar-refractivity contribution < 1.29 is 9.53 Å². The zero-order valence-corrected chi connectivity index (χ0v) is 11.7. The van der Waals surface area contributed by atoms with Crippen LogP contribution in [0.2, 0.25) is 5.02 Å². The average molecular weight is 326 g/mol. The van der Waals surface area contributed by atoms with Crippen LogP contribution in [0.25, 0.3) is 0 Å². The van der Waals surface area contributed by atoms with Gasteiger partial charge in [-0.1, -0.05) is 51.8 Å². The Labute approximate surface area is 119 Å². The maximum Gasteiger partial charge on any atom is 0.201 e. The number of rotatable bonds is 4. The molecule has 0 radical (unpaired) electrons. The number of benzene rings is 2. The van der Waals surface area contributed by atoms with Gasteiger partial charge < -0.3 is 4.74 Å². The van der Waals surface area contributed by atoms with Crippen LogP contribution >= 0.6 is 27.5 Å². The Morgan fingerprint density at radius 1 is 1.17 bits per heavy atom. The van der Waals surface area contributed by atoms with Crippen LogP contribution in [0.15, 0.2) is 53.0 Å². The molecule has 18 heavy (non-hydrogen) atoms. The third-order valence-electron chi connectivity index (χ3n) is 2.34. The maximum atomic E-state index is 11.9. The van der Waals surface area contributed by atoms with E-state index < -0.39 is 0 Å². The van der Waals surface area contributed by atoms with Gasteiger partial charge in [-0.3, -0.25) is 4.79 Å². The van der Waals surface area contributed by atoms with Crippen molar-refractivity contribution in [2.24, 2.45) is 0 Å². The van der Waals surface area contributed by atoms with Crippen molar-refractivity contribution in [3.8, 4) is 5.75 Å². The molecular formula is C14H10BrClO2. The molecule has 0 aliphatic heterocycles. The second-order valence-electron chi connectivity index (χ2n) is 3.65. The predicted molar refractivity (Wildman–Crippen MR) is 75.4 cm³/mol. The molecule has 2 nitrogen and oxygen atoms in total. The standard InChI is InChI=1S/C14H10BrClO2/c15-13-7-2-1-6-12(13)14(17)9-18-11-5-3-4-10(16)8-11/h1-8H,9H2. The molecule has 0 aromatic heterocycles. The minimum Gasteiger partial charge on any atom is -0.485 e. The molecule has 0 N–H and O–H groups in total.